The van der Waals surface area contributed by atoms with Gasteiger partial charge in [0.25, 0.3) is 5.56 Å². The van der Waals surface area contributed by atoms with Gasteiger partial charge in [-0.3, -0.25) is 9.36 Å². The molecular weight excluding hydrogens is 610 g/mol. The molecule has 1 aromatic heterocycles. The summed E-state index contributed by atoms with van der Waals surface area (Å²) in [6.45, 7) is 9.61. The molecule has 0 radical (unpaired) electrons. The molecule has 0 aliphatic carbocycles. The van der Waals surface area contributed by atoms with Crippen LogP contribution in [0.3, 0.4) is 0 Å². The van der Waals surface area contributed by atoms with Gasteiger partial charge in [-0.05, 0) is 63.6 Å². The molecule has 218 valence electrons. The highest BCUT2D eigenvalue weighted by atomic mass is 79.9. The number of hydrogen-bond donors (Lipinski definition) is 0. The number of carbonyl (C=O) groups is 1. The van der Waals surface area contributed by atoms with Gasteiger partial charge in [-0.15, -0.1) is 0 Å². The molecule has 0 saturated heterocycles. The summed E-state index contributed by atoms with van der Waals surface area (Å²) in [5, 5.41) is 0. The van der Waals surface area contributed by atoms with E-state index in [1.807, 2.05) is 18.2 Å². The van der Waals surface area contributed by atoms with Crippen molar-refractivity contribution in [2.45, 2.75) is 33.7 Å². The van der Waals surface area contributed by atoms with Gasteiger partial charge in [-0.2, -0.15) is 0 Å². The van der Waals surface area contributed by atoms with Gasteiger partial charge in [-0.25, -0.2) is 9.79 Å². The summed E-state index contributed by atoms with van der Waals surface area (Å²) in [6.07, 6.45) is 1.80. The Kier molecular flexibility index (Phi) is 9.60. The molecule has 2 heterocycles. The summed E-state index contributed by atoms with van der Waals surface area (Å²) in [5.74, 6) is 1.09. The predicted molar refractivity (Wildman–Crippen MR) is 164 cm³/mol. The Morgan fingerprint density at radius 1 is 1.05 bits per heavy atom. The minimum absolute atomic E-state index is 0.184. The molecule has 0 N–H and O–H groups in total. The number of thiazole rings is 1. The second kappa shape index (κ2) is 12.9. The Morgan fingerprint density at radius 2 is 1.71 bits per heavy atom. The minimum atomic E-state index is -0.812. The van der Waals surface area contributed by atoms with Crippen LogP contribution in [0, 0.1) is 0 Å². The van der Waals surface area contributed by atoms with Gasteiger partial charge < -0.3 is 23.8 Å². The Bertz CT molecular complexity index is 1670. The third-order valence-electron chi connectivity index (χ3n) is 6.95. The maximum absolute atomic E-state index is 14.1. The first-order valence-electron chi connectivity index (χ1n) is 13.3. The molecule has 2 aromatic carbocycles. The third-order valence-corrected chi connectivity index (χ3v) is 8.62. The Labute approximate surface area is 251 Å². The van der Waals surface area contributed by atoms with Gasteiger partial charge in [0.15, 0.2) is 16.3 Å². The van der Waals surface area contributed by atoms with Gasteiger partial charge in [0.1, 0.15) is 5.75 Å². The zero-order valence-electron chi connectivity index (χ0n) is 24.2. The number of aromatic nitrogens is 1. The van der Waals surface area contributed by atoms with Crippen LogP contribution in [-0.2, 0) is 9.53 Å². The zero-order chi connectivity index (χ0) is 29.8. The minimum Gasteiger partial charge on any atom is -0.496 e. The highest BCUT2D eigenvalue weighted by Gasteiger charge is 2.35. The molecule has 11 heteroatoms. The fourth-order valence-corrected chi connectivity index (χ4v) is 6.49. The second-order valence-corrected chi connectivity index (χ2v) is 11.0. The molecule has 3 aromatic rings. The molecule has 0 saturated carbocycles. The van der Waals surface area contributed by atoms with Crippen molar-refractivity contribution in [3.8, 4) is 17.2 Å². The van der Waals surface area contributed by atoms with E-state index in [2.05, 4.69) is 39.7 Å². The highest BCUT2D eigenvalue weighted by molar-refractivity contribution is 9.10. The molecule has 1 unspecified atom stereocenters. The number of nitrogens with zero attached hydrogens (tertiary/aromatic N) is 3. The van der Waals surface area contributed by atoms with Crippen LogP contribution in [0.1, 0.15) is 44.9 Å². The molecule has 0 amide bonds. The summed E-state index contributed by atoms with van der Waals surface area (Å²) < 4.78 is 24.8. The number of hydrogen-bond acceptors (Lipinski definition) is 9. The number of rotatable bonds is 10. The number of benzene rings is 2. The normalized spacial score (nSPS) is 14.8. The summed E-state index contributed by atoms with van der Waals surface area (Å²) in [5.41, 5.74) is 2.90. The van der Waals surface area contributed by atoms with Crippen LogP contribution in [0.4, 0.5) is 5.69 Å². The Hall–Kier alpha value is -3.57. The summed E-state index contributed by atoms with van der Waals surface area (Å²) in [4.78, 5) is 34.7. The number of fused-ring (bicyclic) bond motifs is 1. The molecule has 9 nitrogen and oxygen atoms in total. The third kappa shape index (κ3) is 5.78. The first-order chi connectivity index (χ1) is 19.7. The molecule has 1 atom stereocenters. The van der Waals surface area contributed by atoms with Crippen molar-refractivity contribution in [3.63, 3.8) is 0 Å². The van der Waals surface area contributed by atoms with Crippen LogP contribution < -0.4 is 34.0 Å². The van der Waals surface area contributed by atoms with Gasteiger partial charge in [0, 0.05) is 34.9 Å². The van der Waals surface area contributed by atoms with E-state index >= 15 is 0 Å². The molecule has 1 aliphatic heterocycles. The van der Waals surface area contributed by atoms with Crippen molar-refractivity contribution in [1.82, 2.24) is 4.57 Å². The van der Waals surface area contributed by atoms with E-state index in [0.717, 1.165) is 24.3 Å². The Morgan fingerprint density at radius 3 is 2.32 bits per heavy atom. The number of halogens is 1. The predicted octanol–water partition coefficient (Wildman–Crippen LogP) is 4.43. The van der Waals surface area contributed by atoms with Crippen LogP contribution in [0.2, 0.25) is 0 Å². The average molecular weight is 645 g/mol. The summed E-state index contributed by atoms with van der Waals surface area (Å²) in [7, 11) is 4.70. The number of ether oxygens (including phenoxy) is 4. The number of esters is 1. The maximum atomic E-state index is 14.1. The van der Waals surface area contributed by atoms with Gasteiger partial charge >= 0.3 is 5.97 Å². The van der Waals surface area contributed by atoms with E-state index in [4.69, 9.17) is 18.9 Å². The fourth-order valence-electron chi connectivity index (χ4n) is 4.91. The zero-order valence-corrected chi connectivity index (χ0v) is 26.6. The summed E-state index contributed by atoms with van der Waals surface area (Å²) >= 11 is 4.88. The van der Waals surface area contributed by atoms with Crippen molar-refractivity contribution in [2.24, 2.45) is 4.99 Å². The second-order valence-electron chi connectivity index (χ2n) is 9.13. The van der Waals surface area contributed by atoms with Crippen LogP contribution in [-0.4, -0.2) is 51.6 Å². The van der Waals surface area contributed by atoms with Crippen molar-refractivity contribution < 1.29 is 23.7 Å². The molecular formula is C30H34BrN3O6S. The molecule has 41 heavy (non-hydrogen) atoms. The standard InChI is InChI=1S/C30H34BrN3O6S/c1-8-33(9-2)19-12-11-18(22(14-19)37-5)13-25-28(35)34-27(20-15-23(38-6)24(39-7)16-21(20)31)26(29(36)40-10-3)17(4)32-30(34)41-25/h11-16,27H,8-10H2,1-7H3. The number of methoxy groups -OCH3 is 3. The van der Waals surface area contributed by atoms with E-state index in [-0.39, 0.29) is 17.7 Å². The van der Waals surface area contributed by atoms with Gasteiger partial charge in [0.05, 0.1) is 49.8 Å². The van der Waals surface area contributed by atoms with Crippen molar-refractivity contribution in [1.29, 1.82) is 0 Å². The van der Waals surface area contributed by atoms with Crippen molar-refractivity contribution in [3.05, 3.63) is 76.9 Å². The van der Waals surface area contributed by atoms with Crippen LogP contribution in [0.5, 0.6) is 17.2 Å². The first kappa shape index (κ1) is 30.4. The van der Waals surface area contributed by atoms with E-state index in [9.17, 15) is 9.59 Å². The molecule has 1 aliphatic rings. The van der Waals surface area contributed by atoms with Crippen molar-refractivity contribution in [2.75, 3.05) is 45.9 Å². The molecule has 4 rings (SSSR count). The SMILES string of the molecule is CCOC(=O)C1=C(C)N=c2sc(=Cc3ccc(N(CC)CC)cc3OC)c(=O)n2C1c1cc(OC)c(OC)cc1Br. The van der Waals surface area contributed by atoms with E-state index in [1.165, 1.54) is 18.4 Å². The van der Waals surface area contributed by atoms with E-state index in [1.54, 1.807) is 50.8 Å². The van der Waals surface area contributed by atoms with Crippen LogP contribution in [0.15, 0.2) is 55.9 Å². The molecule has 0 fully saturated rings. The Balaban J connectivity index is 1.97. The number of carbonyl (C=O) groups excluding carboxylic acids is 1. The molecule has 0 spiro atoms. The smallest absolute Gasteiger partial charge is 0.338 e. The van der Waals surface area contributed by atoms with E-state index in [0.29, 0.717) is 42.3 Å². The molecule has 0 bridgehead atoms. The largest absolute Gasteiger partial charge is 0.496 e. The van der Waals surface area contributed by atoms with Crippen LogP contribution in [0.25, 0.3) is 6.08 Å². The maximum Gasteiger partial charge on any atom is 0.338 e. The van der Waals surface area contributed by atoms with Gasteiger partial charge in [-0.1, -0.05) is 27.3 Å². The lowest BCUT2D eigenvalue weighted by Gasteiger charge is -2.26. The topological polar surface area (TPSA) is 91.6 Å². The summed E-state index contributed by atoms with van der Waals surface area (Å²) in [6, 6.07) is 8.64. The lowest BCUT2D eigenvalue weighted by atomic mass is 9.95. The lowest BCUT2D eigenvalue weighted by molar-refractivity contribution is -0.139. The lowest BCUT2D eigenvalue weighted by Crippen LogP contribution is -2.40. The fraction of sp³-hybridized carbons (Fsp3) is 0.367. The first-order valence-corrected chi connectivity index (χ1v) is 14.9. The average Bonchev–Trinajstić information content (AvgIpc) is 3.27. The number of anilines is 1. The van der Waals surface area contributed by atoms with Gasteiger partial charge in [0.2, 0.25) is 0 Å². The number of allylic oxidation sites excluding steroid dienone is 1. The van der Waals surface area contributed by atoms with Crippen LogP contribution >= 0.6 is 27.3 Å². The monoisotopic (exact) mass is 643 g/mol. The highest BCUT2D eigenvalue weighted by Crippen LogP contribution is 2.40. The quantitative estimate of drug-likeness (QED) is 0.302. The van der Waals surface area contributed by atoms with E-state index < -0.39 is 12.0 Å². The van der Waals surface area contributed by atoms with Crippen molar-refractivity contribution >= 4 is 45.0 Å².